The van der Waals surface area contributed by atoms with E-state index in [1.807, 2.05) is 30.5 Å². The number of amides is 1. The van der Waals surface area contributed by atoms with Crippen molar-refractivity contribution in [3.05, 3.63) is 54.3 Å². The molecule has 0 aliphatic heterocycles. The number of thioether (sulfide) groups is 2. The number of carbonyl (C=O) groups excluding carboxylic acids is 1. The summed E-state index contributed by atoms with van der Waals surface area (Å²) >= 11 is 2.76. The van der Waals surface area contributed by atoms with Crippen molar-refractivity contribution >= 4 is 35.1 Å². The second kappa shape index (κ2) is 8.24. The van der Waals surface area contributed by atoms with E-state index < -0.39 is 0 Å². The standard InChI is InChI=1S/C17H16FN5OS2/c1-25-14-7-3-6-13(9-14)20-15(24)10-26-17-22-21-16(23(17)19)11-4-2-5-12(18)8-11/h2-9H,10,19H2,1H3,(H,20,24). The number of halogens is 1. The molecule has 0 bridgehead atoms. The summed E-state index contributed by atoms with van der Waals surface area (Å²) in [6.45, 7) is 0. The molecule has 0 saturated heterocycles. The molecule has 1 heterocycles. The zero-order valence-corrected chi connectivity index (χ0v) is 15.5. The number of nitrogens with one attached hydrogen (secondary N) is 1. The number of anilines is 1. The Bertz CT molecular complexity index is 931. The van der Waals surface area contributed by atoms with Gasteiger partial charge in [-0.2, -0.15) is 0 Å². The molecular weight excluding hydrogens is 373 g/mol. The van der Waals surface area contributed by atoms with Gasteiger partial charge in [0.1, 0.15) is 5.82 Å². The molecule has 3 rings (SSSR count). The van der Waals surface area contributed by atoms with Crippen LogP contribution in [0.5, 0.6) is 0 Å². The molecule has 0 spiro atoms. The zero-order chi connectivity index (χ0) is 18.5. The van der Waals surface area contributed by atoms with Crippen molar-refractivity contribution in [1.82, 2.24) is 14.9 Å². The van der Waals surface area contributed by atoms with Gasteiger partial charge in [0.05, 0.1) is 5.75 Å². The van der Waals surface area contributed by atoms with Gasteiger partial charge in [0.25, 0.3) is 0 Å². The Hall–Kier alpha value is -2.52. The van der Waals surface area contributed by atoms with Crippen LogP contribution in [0.3, 0.4) is 0 Å². The quantitative estimate of drug-likeness (QED) is 0.497. The fraction of sp³-hybridized carbons (Fsp3) is 0.118. The highest BCUT2D eigenvalue weighted by Crippen LogP contribution is 2.23. The fourth-order valence-corrected chi connectivity index (χ4v) is 3.34. The molecule has 0 atom stereocenters. The monoisotopic (exact) mass is 389 g/mol. The van der Waals surface area contributed by atoms with Crippen molar-refractivity contribution in [3.8, 4) is 11.4 Å². The van der Waals surface area contributed by atoms with Crippen LogP contribution < -0.4 is 11.2 Å². The molecule has 3 aromatic rings. The van der Waals surface area contributed by atoms with Crippen molar-refractivity contribution in [2.75, 3.05) is 23.2 Å². The Labute approximate surface area is 158 Å². The first-order valence-electron chi connectivity index (χ1n) is 7.60. The lowest BCUT2D eigenvalue weighted by Crippen LogP contribution is -2.16. The molecular formula is C17H16FN5OS2. The topological polar surface area (TPSA) is 85.8 Å². The van der Waals surface area contributed by atoms with Crippen molar-refractivity contribution in [1.29, 1.82) is 0 Å². The number of benzene rings is 2. The summed E-state index contributed by atoms with van der Waals surface area (Å²) in [5.41, 5.74) is 1.25. The molecule has 0 unspecified atom stereocenters. The number of nitrogen functional groups attached to an aromatic ring is 1. The number of hydrogen-bond acceptors (Lipinski definition) is 6. The van der Waals surface area contributed by atoms with Crippen LogP contribution in [-0.4, -0.2) is 32.8 Å². The molecule has 2 aromatic carbocycles. The van der Waals surface area contributed by atoms with Crippen LogP contribution in [0.1, 0.15) is 0 Å². The van der Waals surface area contributed by atoms with Crippen molar-refractivity contribution < 1.29 is 9.18 Å². The van der Waals surface area contributed by atoms with E-state index >= 15 is 0 Å². The van der Waals surface area contributed by atoms with E-state index in [-0.39, 0.29) is 17.5 Å². The van der Waals surface area contributed by atoms with Gasteiger partial charge in [-0.1, -0.05) is 30.0 Å². The van der Waals surface area contributed by atoms with Crippen LogP contribution in [0, 0.1) is 5.82 Å². The molecule has 9 heteroatoms. The molecule has 1 amide bonds. The van der Waals surface area contributed by atoms with Gasteiger partial charge in [-0.15, -0.1) is 22.0 Å². The smallest absolute Gasteiger partial charge is 0.234 e. The number of nitrogens with two attached hydrogens (primary N) is 1. The molecule has 3 N–H and O–H groups in total. The van der Waals surface area contributed by atoms with Gasteiger partial charge in [-0.25, -0.2) is 9.07 Å². The number of aromatic nitrogens is 3. The van der Waals surface area contributed by atoms with Crippen molar-refractivity contribution in [2.45, 2.75) is 10.1 Å². The molecule has 26 heavy (non-hydrogen) atoms. The molecule has 134 valence electrons. The van der Waals surface area contributed by atoms with Crippen LogP contribution >= 0.6 is 23.5 Å². The lowest BCUT2D eigenvalue weighted by Gasteiger charge is -2.06. The minimum Gasteiger partial charge on any atom is -0.335 e. The summed E-state index contributed by atoms with van der Waals surface area (Å²) in [7, 11) is 0. The maximum Gasteiger partial charge on any atom is 0.234 e. The maximum absolute atomic E-state index is 13.3. The lowest BCUT2D eigenvalue weighted by molar-refractivity contribution is -0.113. The minimum absolute atomic E-state index is 0.127. The van der Waals surface area contributed by atoms with Gasteiger partial charge in [0, 0.05) is 16.1 Å². The first-order chi connectivity index (χ1) is 12.6. The van der Waals surface area contributed by atoms with E-state index in [9.17, 15) is 9.18 Å². The molecule has 0 aliphatic rings. The molecule has 1 aromatic heterocycles. The van der Waals surface area contributed by atoms with Crippen LogP contribution in [0.25, 0.3) is 11.4 Å². The highest BCUT2D eigenvalue weighted by molar-refractivity contribution is 7.99. The SMILES string of the molecule is CSc1cccc(NC(=O)CSc2nnc(-c3cccc(F)c3)n2N)c1. The van der Waals surface area contributed by atoms with Gasteiger partial charge in [0.15, 0.2) is 5.82 Å². The summed E-state index contributed by atoms with van der Waals surface area (Å²) in [5, 5.41) is 11.2. The molecule has 0 aliphatic carbocycles. The number of hydrogen-bond donors (Lipinski definition) is 2. The predicted octanol–water partition coefficient (Wildman–Crippen LogP) is 3.25. The lowest BCUT2D eigenvalue weighted by atomic mass is 10.2. The highest BCUT2D eigenvalue weighted by atomic mass is 32.2. The minimum atomic E-state index is -0.383. The van der Waals surface area contributed by atoms with Gasteiger partial charge >= 0.3 is 0 Å². The van der Waals surface area contributed by atoms with Crippen molar-refractivity contribution in [2.24, 2.45) is 0 Å². The Kier molecular flexibility index (Phi) is 5.79. The number of nitrogens with zero attached hydrogens (tertiary/aromatic N) is 3. The maximum atomic E-state index is 13.3. The highest BCUT2D eigenvalue weighted by Gasteiger charge is 2.14. The Morgan fingerprint density at radius 3 is 2.81 bits per heavy atom. The summed E-state index contributed by atoms with van der Waals surface area (Å²) in [6.07, 6.45) is 1.97. The molecule has 6 nitrogen and oxygen atoms in total. The Morgan fingerprint density at radius 1 is 1.23 bits per heavy atom. The average molecular weight is 389 g/mol. The second-order valence-electron chi connectivity index (χ2n) is 5.26. The normalized spacial score (nSPS) is 10.7. The van der Waals surface area contributed by atoms with E-state index in [0.717, 1.165) is 22.3 Å². The van der Waals surface area contributed by atoms with Gasteiger partial charge in [-0.3, -0.25) is 4.79 Å². The fourth-order valence-electron chi connectivity index (χ4n) is 2.23. The Morgan fingerprint density at radius 2 is 2.04 bits per heavy atom. The van der Waals surface area contributed by atoms with Gasteiger partial charge < -0.3 is 11.2 Å². The van der Waals surface area contributed by atoms with E-state index in [1.165, 1.54) is 16.8 Å². The largest absolute Gasteiger partial charge is 0.335 e. The molecule has 0 radical (unpaired) electrons. The average Bonchev–Trinajstić information content (AvgIpc) is 3.01. The summed E-state index contributed by atoms with van der Waals surface area (Å²) in [6, 6.07) is 13.5. The first kappa shape index (κ1) is 18.3. The first-order valence-corrected chi connectivity index (χ1v) is 9.81. The summed E-state index contributed by atoms with van der Waals surface area (Å²) in [5.74, 6) is 5.88. The van der Waals surface area contributed by atoms with E-state index in [2.05, 4.69) is 15.5 Å². The third-order valence-corrected chi connectivity index (χ3v) is 5.10. The van der Waals surface area contributed by atoms with Crippen LogP contribution in [0.15, 0.2) is 58.6 Å². The number of rotatable bonds is 6. The third-order valence-electron chi connectivity index (χ3n) is 3.43. The van der Waals surface area contributed by atoms with E-state index in [0.29, 0.717) is 16.5 Å². The number of carbonyl (C=O) groups is 1. The van der Waals surface area contributed by atoms with Crippen LogP contribution in [0.4, 0.5) is 10.1 Å². The molecule has 0 fully saturated rings. The van der Waals surface area contributed by atoms with E-state index in [4.69, 9.17) is 5.84 Å². The van der Waals surface area contributed by atoms with Gasteiger partial charge in [-0.05, 0) is 36.6 Å². The Balaban J connectivity index is 1.64. The zero-order valence-electron chi connectivity index (χ0n) is 13.8. The van der Waals surface area contributed by atoms with Crippen LogP contribution in [-0.2, 0) is 4.79 Å². The van der Waals surface area contributed by atoms with E-state index in [1.54, 1.807) is 23.9 Å². The summed E-state index contributed by atoms with van der Waals surface area (Å²) < 4.78 is 14.6. The van der Waals surface area contributed by atoms with Crippen molar-refractivity contribution in [3.63, 3.8) is 0 Å². The summed E-state index contributed by atoms with van der Waals surface area (Å²) in [4.78, 5) is 13.2. The van der Waals surface area contributed by atoms with Gasteiger partial charge in [0.2, 0.25) is 11.1 Å². The predicted molar refractivity (Wildman–Crippen MR) is 103 cm³/mol. The second-order valence-corrected chi connectivity index (χ2v) is 7.08. The third kappa shape index (κ3) is 4.36. The van der Waals surface area contributed by atoms with Crippen LogP contribution in [0.2, 0.25) is 0 Å². The molecule has 0 saturated carbocycles.